The van der Waals surface area contributed by atoms with Crippen LogP contribution < -0.4 is 10.6 Å². The molecule has 0 aromatic carbocycles. The summed E-state index contributed by atoms with van der Waals surface area (Å²) < 4.78 is 11.1. The molecular formula is C17H32N4O2. The number of guanidine groups is 1. The maximum absolute atomic E-state index is 5.67. The second-order valence-electron chi connectivity index (χ2n) is 6.85. The molecule has 2 saturated heterocycles. The van der Waals surface area contributed by atoms with Crippen molar-refractivity contribution in [2.45, 2.75) is 57.2 Å². The minimum atomic E-state index is 0.0952. The van der Waals surface area contributed by atoms with Gasteiger partial charge in [0.15, 0.2) is 5.96 Å². The third-order valence-corrected chi connectivity index (χ3v) is 5.08. The van der Waals surface area contributed by atoms with Crippen LogP contribution in [0.2, 0.25) is 0 Å². The van der Waals surface area contributed by atoms with E-state index in [0.717, 1.165) is 25.1 Å². The van der Waals surface area contributed by atoms with Crippen LogP contribution in [0.1, 0.15) is 39.0 Å². The first-order valence-corrected chi connectivity index (χ1v) is 9.33. The summed E-state index contributed by atoms with van der Waals surface area (Å²) in [5, 5.41) is 6.97. The van der Waals surface area contributed by atoms with E-state index in [0.29, 0.717) is 32.4 Å². The summed E-state index contributed by atoms with van der Waals surface area (Å²) in [5.74, 6) is 0.917. The van der Waals surface area contributed by atoms with Gasteiger partial charge in [0, 0.05) is 31.7 Å². The number of nitrogens with one attached hydrogen (secondary N) is 2. The van der Waals surface area contributed by atoms with E-state index in [1.54, 1.807) is 0 Å². The highest BCUT2D eigenvalue weighted by Gasteiger charge is 2.30. The van der Waals surface area contributed by atoms with E-state index in [1.807, 2.05) is 0 Å². The molecule has 2 heterocycles. The lowest BCUT2D eigenvalue weighted by atomic mass is 10.2. The Morgan fingerprint density at radius 1 is 1.22 bits per heavy atom. The highest BCUT2D eigenvalue weighted by Crippen LogP contribution is 2.26. The van der Waals surface area contributed by atoms with E-state index in [9.17, 15) is 0 Å². The summed E-state index contributed by atoms with van der Waals surface area (Å²) in [6.45, 7) is 8.07. The Kier molecular flexibility index (Phi) is 6.54. The van der Waals surface area contributed by atoms with Gasteiger partial charge in [-0.25, -0.2) is 0 Å². The molecule has 6 nitrogen and oxygen atoms in total. The van der Waals surface area contributed by atoms with Gasteiger partial charge in [0.05, 0.1) is 26.4 Å². The van der Waals surface area contributed by atoms with Gasteiger partial charge in [0.1, 0.15) is 6.10 Å². The van der Waals surface area contributed by atoms with Crippen molar-refractivity contribution in [1.29, 1.82) is 0 Å². The molecule has 3 aliphatic rings. The normalized spacial score (nSPS) is 30.7. The van der Waals surface area contributed by atoms with Crippen LogP contribution in [0.25, 0.3) is 0 Å². The van der Waals surface area contributed by atoms with E-state index in [1.165, 1.54) is 38.6 Å². The average molecular weight is 324 g/mol. The van der Waals surface area contributed by atoms with Gasteiger partial charge in [0.2, 0.25) is 0 Å². The lowest BCUT2D eigenvalue weighted by Gasteiger charge is -2.24. The van der Waals surface area contributed by atoms with Crippen LogP contribution in [0, 0.1) is 0 Å². The maximum Gasteiger partial charge on any atom is 0.191 e. The molecule has 0 spiro atoms. The first kappa shape index (κ1) is 17.0. The van der Waals surface area contributed by atoms with Crippen LogP contribution in [0.5, 0.6) is 0 Å². The Balaban J connectivity index is 1.46. The van der Waals surface area contributed by atoms with Gasteiger partial charge in [-0.1, -0.05) is 12.8 Å². The average Bonchev–Trinajstić information content (AvgIpc) is 3.25. The fourth-order valence-electron chi connectivity index (χ4n) is 3.85. The third-order valence-electron chi connectivity index (χ3n) is 5.08. The van der Waals surface area contributed by atoms with Gasteiger partial charge in [-0.3, -0.25) is 9.89 Å². The Morgan fingerprint density at radius 2 is 2.09 bits per heavy atom. The molecule has 2 aliphatic heterocycles. The van der Waals surface area contributed by atoms with Crippen LogP contribution in [-0.2, 0) is 9.47 Å². The van der Waals surface area contributed by atoms with Crippen molar-refractivity contribution in [2.24, 2.45) is 4.99 Å². The minimum absolute atomic E-state index is 0.0952. The molecule has 0 radical (unpaired) electrons. The smallest absolute Gasteiger partial charge is 0.191 e. The summed E-state index contributed by atoms with van der Waals surface area (Å²) in [6, 6.07) is 1.34. The zero-order chi connectivity index (χ0) is 15.9. The Bertz CT molecular complexity index is 379. The molecule has 2 N–H and O–H groups in total. The molecule has 0 bridgehead atoms. The standard InChI is InChI=1S/C17H32N4O2/c1-2-18-17(19-11-16-13-22-9-10-23-16)20-14-7-8-21(12-14)15-5-3-4-6-15/h14-16H,2-13H2,1H3,(H2,18,19,20). The monoisotopic (exact) mass is 324 g/mol. The lowest BCUT2D eigenvalue weighted by Crippen LogP contribution is -2.46. The van der Waals surface area contributed by atoms with E-state index >= 15 is 0 Å². The van der Waals surface area contributed by atoms with Crippen LogP contribution in [0.3, 0.4) is 0 Å². The van der Waals surface area contributed by atoms with Crippen LogP contribution in [-0.4, -0.2) is 75.0 Å². The van der Waals surface area contributed by atoms with Gasteiger partial charge in [-0.05, 0) is 26.2 Å². The molecule has 1 aliphatic carbocycles. The summed E-state index contributed by atoms with van der Waals surface area (Å²) in [7, 11) is 0. The van der Waals surface area contributed by atoms with Crippen molar-refractivity contribution in [3.63, 3.8) is 0 Å². The minimum Gasteiger partial charge on any atom is -0.376 e. The highest BCUT2D eigenvalue weighted by molar-refractivity contribution is 5.80. The fourth-order valence-corrected chi connectivity index (χ4v) is 3.85. The number of aliphatic imine (C=N–C) groups is 1. The van der Waals surface area contributed by atoms with Crippen LogP contribution >= 0.6 is 0 Å². The molecular weight excluding hydrogens is 292 g/mol. The Labute approximate surface area is 140 Å². The molecule has 6 heteroatoms. The first-order valence-electron chi connectivity index (χ1n) is 9.33. The zero-order valence-corrected chi connectivity index (χ0v) is 14.4. The predicted molar refractivity (Wildman–Crippen MR) is 91.9 cm³/mol. The molecule has 3 rings (SSSR count). The Hall–Kier alpha value is -0.850. The molecule has 3 fully saturated rings. The molecule has 1 saturated carbocycles. The molecule has 0 aromatic heterocycles. The summed E-state index contributed by atoms with van der Waals surface area (Å²) in [6.07, 6.45) is 6.90. The van der Waals surface area contributed by atoms with E-state index < -0.39 is 0 Å². The van der Waals surface area contributed by atoms with Gasteiger partial charge in [-0.2, -0.15) is 0 Å². The van der Waals surface area contributed by atoms with Crippen molar-refractivity contribution >= 4 is 5.96 Å². The molecule has 0 amide bonds. The first-order chi connectivity index (χ1) is 11.3. The lowest BCUT2D eigenvalue weighted by molar-refractivity contribution is -0.0832. The van der Waals surface area contributed by atoms with Crippen molar-refractivity contribution in [1.82, 2.24) is 15.5 Å². The SMILES string of the molecule is CCNC(=NCC1COCCO1)NC1CCN(C2CCCC2)C1. The summed E-state index contributed by atoms with van der Waals surface area (Å²) >= 11 is 0. The molecule has 0 aromatic rings. The van der Waals surface area contributed by atoms with Crippen molar-refractivity contribution in [3.05, 3.63) is 0 Å². The van der Waals surface area contributed by atoms with Crippen LogP contribution in [0.4, 0.5) is 0 Å². The van der Waals surface area contributed by atoms with Crippen molar-refractivity contribution in [2.75, 3.05) is 46.0 Å². The predicted octanol–water partition coefficient (Wildman–Crippen LogP) is 0.974. The second kappa shape index (κ2) is 8.85. The van der Waals surface area contributed by atoms with Gasteiger partial charge in [0.25, 0.3) is 0 Å². The molecule has 2 atom stereocenters. The molecule has 132 valence electrons. The molecule has 23 heavy (non-hydrogen) atoms. The maximum atomic E-state index is 5.67. The zero-order valence-electron chi connectivity index (χ0n) is 14.4. The van der Waals surface area contributed by atoms with Gasteiger partial charge < -0.3 is 20.1 Å². The topological polar surface area (TPSA) is 58.1 Å². The quantitative estimate of drug-likeness (QED) is 0.583. The van der Waals surface area contributed by atoms with Crippen molar-refractivity contribution in [3.8, 4) is 0 Å². The number of rotatable bonds is 5. The van der Waals surface area contributed by atoms with E-state index in [-0.39, 0.29) is 6.10 Å². The van der Waals surface area contributed by atoms with E-state index in [4.69, 9.17) is 14.5 Å². The van der Waals surface area contributed by atoms with Crippen LogP contribution in [0.15, 0.2) is 4.99 Å². The number of hydrogen-bond acceptors (Lipinski definition) is 4. The molecule has 2 unspecified atom stereocenters. The summed E-state index contributed by atoms with van der Waals surface area (Å²) in [5.41, 5.74) is 0. The van der Waals surface area contributed by atoms with Gasteiger partial charge >= 0.3 is 0 Å². The van der Waals surface area contributed by atoms with Gasteiger partial charge in [-0.15, -0.1) is 0 Å². The number of hydrogen-bond donors (Lipinski definition) is 2. The largest absolute Gasteiger partial charge is 0.376 e. The number of nitrogens with zero attached hydrogens (tertiary/aromatic N) is 2. The van der Waals surface area contributed by atoms with E-state index in [2.05, 4.69) is 22.5 Å². The van der Waals surface area contributed by atoms with Crippen molar-refractivity contribution < 1.29 is 9.47 Å². The second-order valence-corrected chi connectivity index (χ2v) is 6.85. The Morgan fingerprint density at radius 3 is 2.83 bits per heavy atom. The number of ether oxygens (including phenoxy) is 2. The summed E-state index contributed by atoms with van der Waals surface area (Å²) in [4.78, 5) is 7.37. The third kappa shape index (κ3) is 5.06. The number of likely N-dealkylation sites (tertiary alicyclic amines) is 1. The fraction of sp³-hybridized carbons (Fsp3) is 0.941. The highest BCUT2D eigenvalue weighted by atomic mass is 16.6.